The van der Waals surface area contributed by atoms with Crippen LogP contribution in [-0.2, 0) is 38.6 Å². The van der Waals surface area contributed by atoms with Crippen molar-refractivity contribution in [3.63, 3.8) is 0 Å². The molecule has 0 spiro atoms. The first kappa shape index (κ1) is 36.9. The van der Waals surface area contributed by atoms with E-state index in [0.717, 1.165) is 23.2 Å². The van der Waals surface area contributed by atoms with Gasteiger partial charge in [-0.1, -0.05) is 43.9 Å². The molecule has 0 unspecified atom stereocenters. The molecule has 5 aromatic rings. The second-order valence-corrected chi connectivity index (χ2v) is 19.8. The van der Waals surface area contributed by atoms with Gasteiger partial charge in [-0.25, -0.2) is 17.9 Å². The van der Waals surface area contributed by atoms with Crippen LogP contribution < -0.4 is 9.64 Å². The van der Waals surface area contributed by atoms with E-state index in [9.17, 15) is 9.59 Å². The van der Waals surface area contributed by atoms with E-state index >= 15 is 13.2 Å². The van der Waals surface area contributed by atoms with E-state index in [0.29, 0.717) is 62.5 Å². The van der Waals surface area contributed by atoms with Crippen molar-refractivity contribution in [3.05, 3.63) is 101 Å². The molecule has 0 aliphatic carbocycles. The van der Waals surface area contributed by atoms with Gasteiger partial charge in [-0.15, -0.1) is 0 Å². The molecule has 1 aliphatic heterocycles. The topological polar surface area (TPSA) is 87.8 Å². The van der Waals surface area contributed by atoms with Crippen molar-refractivity contribution in [3.8, 4) is 17.2 Å². The SMILES string of the molecule is CCOC(=O)CCc1cccc(Cc2cc(N3CCCC3=O)n(-c3cc(Oc4c(F)cc5c(ccn5COCC[Si](C)(C)C)c4F)ccc3F)n2)c1. The fraction of sp³-hybridized carbons (Fsp3) is 0.359. The average Bonchev–Trinajstić information content (AvgIpc) is 3.83. The van der Waals surface area contributed by atoms with E-state index in [1.165, 1.54) is 28.9 Å². The predicted molar refractivity (Wildman–Crippen MR) is 195 cm³/mol. The smallest absolute Gasteiger partial charge is 0.306 e. The molecule has 9 nitrogen and oxygen atoms in total. The quantitative estimate of drug-likeness (QED) is 0.0609. The predicted octanol–water partition coefficient (Wildman–Crippen LogP) is 8.56. The van der Waals surface area contributed by atoms with Crippen molar-refractivity contribution in [2.45, 2.75) is 71.4 Å². The Morgan fingerprint density at radius 1 is 0.981 bits per heavy atom. The van der Waals surface area contributed by atoms with E-state index in [1.54, 1.807) is 28.7 Å². The number of carbonyl (C=O) groups excluding carboxylic acids is 2. The second kappa shape index (κ2) is 15.8. The maximum atomic E-state index is 15.8. The normalized spacial score (nSPS) is 13.4. The number of hydrogen-bond acceptors (Lipinski definition) is 6. The summed E-state index contributed by atoms with van der Waals surface area (Å²) in [6.07, 6.45) is 3.76. The summed E-state index contributed by atoms with van der Waals surface area (Å²) in [7, 11) is -1.29. The van der Waals surface area contributed by atoms with Crippen LogP contribution in [-0.4, -0.2) is 54.1 Å². The van der Waals surface area contributed by atoms with Crippen LogP contribution in [0.25, 0.3) is 16.6 Å². The van der Waals surface area contributed by atoms with Crippen LogP contribution >= 0.6 is 0 Å². The molecule has 274 valence electrons. The summed E-state index contributed by atoms with van der Waals surface area (Å²) in [5, 5.41) is 4.86. The van der Waals surface area contributed by atoms with Gasteiger partial charge in [0, 0.05) is 70.3 Å². The van der Waals surface area contributed by atoms with Gasteiger partial charge in [-0.2, -0.15) is 5.10 Å². The van der Waals surface area contributed by atoms with E-state index in [-0.39, 0.29) is 41.9 Å². The number of nitrogens with zero attached hydrogens (tertiary/aromatic N) is 4. The maximum absolute atomic E-state index is 15.8. The molecule has 1 aliphatic rings. The van der Waals surface area contributed by atoms with Crippen LogP contribution in [0.5, 0.6) is 11.5 Å². The molecule has 6 rings (SSSR count). The Hall–Kier alpha value is -4.88. The molecular weight excluding hydrogens is 690 g/mol. The van der Waals surface area contributed by atoms with Crippen molar-refractivity contribution in [1.29, 1.82) is 0 Å². The maximum Gasteiger partial charge on any atom is 0.306 e. The van der Waals surface area contributed by atoms with Crippen molar-refractivity contribution >= 4 is 36.7 Å². The molecule has 0 bridgehead atoms. The summed E-state index contributed by atoms with van der Waals surface area (Å²) < 4.78 is 66.4. The van der Waals surface area contributed by atoms with Crippen molar-refractivity contribution < 1.29 is 37.0 Å². The number of rotatable bonds is 15. The summed E-state index contributed by atoms with van der Waals surface area (Å²) in [6.45, 7) is 9.99. The van der Waals surface area contributed by atoms with Gasteiger partial charge < -0.3 is 18.8 Å². The summed E-state index contributed by atoms with van der Waals surface area (Å²) in [6, 6.07) is 16.9. The average molecular weight is 733 g/mol. The third-order valence-electron chi connectivity index (χ3n) is 8.91. The number of benzene rings is 3. The van der Waals surface area contributed by atoms with Gasteiger partial charge >= 0.3 is 5.97 Å². The van der Waals surface area contributed by atoms with Gasteiger partial charge in [0.1, 0.15) is 29.8 Å². The Morgan fingerprint density at radius 3 is 2.54 bits per heavy atom. The van der Waals surface area contributed by atoms with Crippen molar-refractivity contribution in [1.82, 2.24) is 14.3 Å². The van der Waals surface area contributed by atoms with E-state index in [1.807, 2.05) is 24.3 Å². The minimum absolute atomic E-state index is 0.0206. The zero-order valence-corrected chi connectivity index (χ0v) is 30.9. The number of halogens is 3. The van der Waals surface area contributed by atoms with Gasteiger partial charge in [-0.05, 0) is 55.1 Å². The summed E-state index contributed by atoms with van der Waals surface area (Å²) >= 11 is 0. The molecule has 1 fully saturated rings. The Kier molecular flexibility index (Phi) is 11.2. The van der Waals surface area contributed by atoms with Crippen LogP contribution in [0.1, 0.15) is 43.0 Å². The third-order valence-corrected chi connectivity index (χ3v) is 10.6. The first-order chi connectivity index (χ1) is 24.9. The Balaban J connectivity index is 1.26. The lowest BCUT2D eigenvalue weighted by Gasteiger charge is -2.18. The Bertz CT molecular complexity index is 2090. The molecule has 52 heavy (non-hydrogen) atoms. The highest BCUT2D eigenvalue weighted by Crippen LogP contribution is 2.36. The summed E-state index contributed by atoms with van der Waals surface area (Å²) in [5.41, 5.74) is 2.71. The van der Waals surface area contributed by atoms with Crippen LogP contribution in [0.2, 0.25) is 25.7 Å². The monoisotopic (exact) mass is 732 g/mol. The molecule has 2 aromatic heterocycles. The Labute approximate surface area is 301 Å². The van der Waals surface area contributed by atoms with Gasteiger partial charge in [0.25, 0.3) is 0 Å². The molecule has 0 radical (unpaired) electrons. The molecule has 13 heteroatoms. The van der Waals surface area contributed by atoms with Gasteiger partial charge in [0.15, 0.2) is 17.4 Å². The van der Waals surface area contributed by atoms with E-state index in [2.05, 4.69) is 19.6 Å². The molecule has 3 heterocycles. The minimum atomic E-state index is -1.29. The number of esters is 1. The second-order valence-electron chi connectivity index (χ2n) is 14.1. The molecular formula is C39H43F3N4O5Si. The lowest BCUT2D eigenvalue weighted by molar-refractivity contribution is -0.143. The van der Waals surface area contributed by atoms with Crippen molar-refractivity contribution in [2.75, 3.05) is 24.7 Å². The molecule has 1 saturated heterocycles. The van der Waals surface area contributed by atoms with Crippen LogP contribution in [0.3, 0.4) is 0 Å². The number of carbonyl (C=O) groups is 2. The minimum Gasteiger partial charge on any atom is -0.466 e. The first-order valence-corrected chi connectivity index (χ1v) is 21.3. The van der Waals surface area contributed by atoms with E-state index < -0.39 is 31.3 Å². The number of ether oxygens (including phenoxy) is 3. The number of aryl methyl sites for hydroxylation is 1. The fourth-order valence-electron chi connectivity index (χ4n) is 6.18. The van der Waals surface area contributed by atoms with Gasteiger partial charge in [0.05, 0.1) is 17.8 Å². The highest BCUT2D eigenvalue weighted by molar-refractivity contribution is 6.76. The molecule has 0 N–H and O–H groups in total. The zero-order chi connectivity index (χ0) is 37.0. The highest BCUT2D eigenvalue weighted by atomic mass is 28.3. The van der Waals surface area contributed by atoms with Crippen LogP contribution in [0, 0.1) is 17.5 Å². The van der Waals surface area contributed by atoms with Crippen molar-refractivity contribution in [2.24, 2.45) is 0 Å². The van der Waals surface area contributed by atoms with Gasteiger partial charge in [0.2, 0.25) is 5.91 Å². The highest BCUT2D eigenvalue weighted by Gasteiger charge is 2.28. The first-order valence-electron chi connectivity index (χ1n) is 17.6. The standard InChI is InChI=1S/C39H43F3N4O5Si/c1-5-50-37(48)14-11-26-8-6-9-27(20-26)21-28-22-35(45-16-7-10-36(45)47)46(43-28)34-23-29(12-13-31(34)40)51-39-32(41)24-33-30(38(39)42)15-17-44(33)25-49-18-19-52(2,3)4/h6,8-9,12-13,15,17,20,22-24H,5,7,10-11,14,16,18-19,21,25H2,1-4H3. The summed E-state index contributed by atoms with van der Waals surface area (Å²) in [4.78, 5) is 26.3. The molecule has 0 saturated carbocycles. The number of fused-ring (bicyclic) bond motifs is 1. The number of amides is 1. The molecule has 0 atom stereocenters. The Morgan fingerprint density at radius 2 is 1.79 bits per heavy atom. The summed E-state index contributed by atoms with van der Waals surface area (Å²) in [5.74, 6) is -3.14. The third kappa shape index (κ3) is 8.59. The zero-order valence-electron chi connectivity index (χ0n) is 29.9. The lowest BCUT2D eigenvalue weighted by Crippen LogP contribution is -2.26. The number of aromatic nitrogens is 3. The molecule has 3 aromatic carbocycles. The molecule has 1 amide bonds. The largest absolute Gasteiger partial charge is 0.466 e. The van der Waals surface area contributed by atoms with Gasteiger partial charge in [-0.3, -0.25) is 14.5 Å². The lowest BCUT2D eigenvalue weighted by atomic mass is 10.0. The van der Waals surface area contributed by atoms with Crippen LogP contribution in [0.15, 0.2) is 66.9 Å². The number of hydrogen-bond donors (Lipinski definition) is 0. The number of anilines is 1. The van der Waals surface area contributed by atoms with Crippen LogP contribution in [0.4, 0.5) is 19.0 Å². The fourth-order valence-corrected chi connectivity index (χ4v) is 6.93. The van der Waals surface area contributed by atoms with E-state index in [4.69, 9.17) is 19.3 Å².